The number of sulfonamides is 1. The van der Waals surface area contributed by atoms with Crippen LogP contribution >= 0.6 is 11.3 Å². The van der Waals surface area contributed by atoms with Crippen molar-refractivity contribution in [2.45, 2.75) is 31.6 Å². The number of aryl methyl sites for hydroxylation is 1. The molecule has 98 valence electrons. The van der Waals surface area contributed by atoms with Crippen molar-refractivity contribution in [2.75, 3.05) is 13.6 Å². The molecule has 0 bridgehead atoms. The van der Waals surface area contributed by atoms with E-state index < -0.39 is 10.0 Å². The highest BCUT2D eigenvalue weighted by Crippen LogP contribution is 2.28. The van der Waals surface area contributed by atoms with Crippen molar-refractivity contribution < 1.29 is 13.5 Å². The number of hydrogen-bond acceptors (Lipinski definition) is 4. The van der Waals surface area contributed by atoms with Crippen molar-refractivity contribution in [1.29, 1.82) is 0 Å². The molecule has 0 atom stereocenters. The fourth-order valence-electron chi connectivity index (χ4n) is 1.54. The van der Waals surface area contributed by atoms with Crippen molar-refractivity contribution in [3.05, 3.63) is 16.5 Å². The number of thiophene rings is 1. The summed E-state index contributed by atoms with van der Waals surface area (Å²) >= 11 is 1.14. The Morgan fingerprint density at radius 3 is 2.47 bits per heavy atom. The van der Waals surface area contributed by atoms with Gasteiger partial charge in [0, 0.05) is 18.5 Å². The minimum atomic E-state index is -3.41. The molecule has 6 heteroatoms. The molecule has 0 amide bonds. The molecule has 17 heavy (non-hydrogen) atoms. The molecule has 0 spiro atoms. The highest BCUT2D eigenvalue weighted by atomic mass is 32.2. The van der Waals surface area contributed by atoms with E-state index in [1.807, 2.05) is 20.8 Å². The second-order valence-electron chi connectivity index (χ2n) is 4.51. The van der Waals surface area contributed by atoms with Crippen LogP contribution in [0.2, 0.25) is 0 Å². The third-order valence-corrected chi connectivity index (χ3v) is 5.92. The first kappa shape index (κ1) is 14.6. The van der Waals surface area contributed by atoms with Crippen LogP contribution in [0, 0.1) is 12.8 Å². The average Bonchev–Trinajstić information content (AvgIpc) is 2.59. The lowest BCUT2D eigenvalue weighted by atomic mass is 10.2. The molecule has 0 unspecified atom stereocenters. The Morgan fingerprint density at radius 1 is 1.47 bits per heavy atom. The van der Waals surface area contributed by atoms with Crippen LogP contribution in [0.4, 0.5) is 0 Å². The molecule has 0 aliphatic rings. The summed E-state index contributed by atoms with van der Waals surface area (Å²) in [6.07, 6.45) is 0. The smallest absolute Gasteiger partial charge is 0.252 e. The fourth-order valence-corrected chi connectivity index (χ4v) is 4.53. The summed E-state index contributed by atoms with van der Waals surface area (Å²) in [5, 5.41) is 9.08. The molecule has 0 aromatic carbocycles. The molecule has 4 nitrogen and oxygen atoms in total. The summed E-state index contributed by atoms with van der Waals surface area (Å²) in [6.45, 7) is 6.15. The number of rotatable bonds is 5. The lowest BCUT2D eigenvalue weighted by molar-refractivity contribution is 0.285. The lowest BCUT2D eigenvalue weighted by Gasteiger charge is -2.17. The van der Waals surface area contributed by atoms with Crippen LogP contribution in [0.3, 0.4) is 0 Å². The Balaban J connectivity index is 3.04. The summed E-state index contributed by atoms with van der Waals surface area (Å²) in [6, 6.07) is 1.63. The maximum atomic E-state index is 12.2. The summed E-state index contributed by atoms with van der Waals surface area (Å²) in [5.74, 6) is 0.285. The zero-order valence-electron chi connectivity index (χ0n) is 10.6. The van der Waals surface area contributed by atoms with Gasteiger partial charge in [-0.1, -0.05) is 13.8 Å². The molecule has 0 saturated heterocycles. The number of aliphatic hydroxyl groups excluding tert-OH is 1. The number of aliphatic hydroxyl groups is 1. The monoisotopic (exact) mass is 277 g/mol. The van der Waals surface area contributed by atoms with E-state index in [0.29, 0.717) is 15.6 Å². The molecule has 1 N–H and O–H groups in total. The average molecular weight is 277 g/mol. The van der Waals surface area contributed by atoms with E-state index in [1.54, 1.807) is 13.1 Å². The van der Waals surface area contributed by atoms with Gasteiger partial charge in [0.2, 0.25) is 0 Å². The van der Waals surface area contributed by atoms with Gasteiger partial charge in [-0.2, -0.15) is 4.31 Å². The van der Waals surface area contributed by atoms with E-state index in [0.717, 1.165) is 16.9 Å². The van der Waals surface area contributed by atoms with Gasteiger partial charge in [0.05, 0.1) is 6.61 Å². The minimum Gasteiger partial charge on any atom is -0.391 e. The van der Waals surface area contributed by atoms with Crippen molar-refractivity contribution in [3.8, 4) is 0 Å². The predicted octanol–water partition coefficient (Wildman–Crippen LogP) is 1.83. The first-order valence-electron chi connectivity index (χ1n) is 5.45. The summed E-state index contributed by atoms with van der Waals surface area (Å²) in [7, 11) is -1.82. The largest absolute Gasteiger partial charge is 0.391 e. The number of nitrogens with zero attached hydrogens (tertiary/aromatic N) is 1. The quantitative estimate of drug-likeness (QED) is 0.893. The minimum absolute atomic E-state index is 0.111. The summed E-state index contributed by atoms with van der Waals surface area (Å²) < 4.78 is 26.1. The lowest BCUT2D eigenvalue weighted by Crippen LogP contribution is -2.29. The molecular formula is C11H19NO3S2. The van der Waals surface area contributed by atoms with Crippen molar-refractivity contribution in [3.63, 3.8) is 0 Å². The van der Waals surface area contributed by atoms with E-state index in [1.165, 1.54) is 4.31 Å². The van der Waals surface area contributed by atoms with Crippen LogP contribution < -0.4 is 0 Å². The highest BCUT2D eigenvalue weighted by Gasteiger charge is 2.24. The van der Waals surface area contributed by atoms with Gasteiger partial charge in [0.1, 0.15) is 4.21 Å². The molecular weight excluding hydrogens is 258 g/mol. The van der Waals surface area contributed by atoms with E-state index in [4.69, 9.17) is 5.11 Å². The van der Waals surface area contributed by atoms with Gasteiger partial charge in [0.15, 0.2) is 0 Å². The zero-order valence-corrected chi connectivity index (χ0v) is 12.2. The molecule has 1 aromatic rings. The van der Waals surface area contributed by atoms with Gasteiger partial charge in [-0.15, -0.1) is 11.3 Å². The second-order valence-corrected chi connectivity index (χ2v) is 7.92. The van der Waals surface area contributed by atoms with Crippen molar-refractivity contribution in [1.82, 2.24) is 4.31 Å². The van der Waals surface area contributed by atoms with E-state index >= 15 is 0 Å². The molecule has 0 fully saturated rings. The Bertz CT molecular complexity index is 477. The zero-order chi connectivity index (χ0) is 13.2. The SMILES string of the molecule is Cc1cc(S(=O)(=O)N(C)CC(C)C)sc1CO. The van der Waals surface area contributed by atoms with Crippen molar-refractivity contribution in [2.24, 2.45) is 5.92 Å². The van der Waals surface area contributed by atoms with Gasteiger partial charge in [0.25, 0.3) is 10.0 Å². The van der Waals surface area contributed by atoms with E-state index in [2.05, 4.69) is 0 Å². The van der Waals surface area contributed by atoms with Crippen LogP contribution in [0.1, 0.15) is 24.3 Å². The third-order valence-electron chi connectivity index (χ3n) is 2.43. The molecule has 1 heterocycles. The predicted molar refractivity (Wildman–Crippen MR) is 69.6 cm³/mol. The number of hydrogen-bond donors (Lipinski definition) is 1. The van der Waals surface area contributed by atoms with Crippen molar-refractivity contribution >= 4 is 21.4 Å². The Hall–Kier alpha value is -0.430. The topological polar surface area (TPSA) is 57.6 Å². The van der Waals surface area contributed by atoms with Gasteiger partial charge in [-0.05, 0) is 24.5 Å². The van der Waals surface area contributed by atoms with Crippen LogP contribution in [0.5, 0.6) is 0 Å². The maximum Gasteiger partial charge on any atom is 0.252 e. The Labute approximate surface area is 107 Å². The van der Waals surface area contributed by atoms with Gasteiger partial charge in [-0.3, -0.25) is 0 Å². The van der Waals surface area contributed by atoms with E-state index in [-0.39, 0.29) is 12.5 Å². The molecule has 0 aliphatic carbocycles. The molecule has 0 saturated carbocycles. The van der Waals surface area contributed by atoms with Crippen LogP contribution in [0.25, 0.3) is 0 Å². The van der Waals surface area contributed by atoms with Crippen LogP contribution in [0.15, 0.2) is 10.3 Å². The molecule has 1 rings (SSSR count). The standard InChI is InChI=1S/C11H19NO3S2/c1-8(2)6-12(4)17(14,15)11-5-9(3)10(7-13)16-11/h5,8,13H,6-7H2,1-4H3. The highest BCUT2D eigenvalue weighted by molar-refractivity contribution is 7.91. The van der Waals surface area contributed by atoms with Gasteiger partial charge >= 0.3 is 0 Å². The van der Waals surface area contributed by atoms with Gasteiger partial charge in [-0.25, -0.2) is 8.42 Å². The first-order valence-corrected chi connectivity index (χ1v) is 7.71. The van der Waals surface area contributed by atoms with Gasteiger partial charge < -0.3 is 5.11 Å². The normalized spacial score (nSPS) is 12.6. The van der Waals surface area contributed by atoms with E-state index in [9.17, 15) is 8.42 Å². The fraction of sp³-hybridized carbons (Fsp3) is 0.636. The second kappa shape index (κ2) is 5.48. The molecule has 0 aliphatic heterocycles. The Kier molecular flexibility index (Phi) is 4.71. The van der Waals surface area contributed by atoms with Crippen LogP contribution in [-0.4, -0.2) is 31.4 Å². The Morgan fingerprint density at radius 2 is 2.06 bits per heavy atom. The van der Waals surface area contributed by atoms with Crippen LogP contribution in [-0.2, 0) is 16.6 Å². The third kappa shape index (κ3) is 3.28. The summed E-state index contributed by atoms with van der Waals surface area (Å²) in [4.78, 5) is 0.710. The summed E-state index contributed by atoms with van der Waals surface area (Å²) in [5.41, 5.74) is 0.828. The maximum absolute atomic E-state index is 12.2. The molecule has 0 radical (unpaired) electrons. The first-order chi connectivity index (χ1) is 7.78. The molecule has 1 aromatic heterocycles.